The number of amides is 1. The van der Waals surface area contributed by atoms with Crippen molar-refractivity contribution in [2.75, 3.05) is 42.6 Å². The third-order valence-corrected chi connectivity index (χ3v) is 4.67. The van der Waals surface area contributed by atoms with Crippen molar-refractivity contribution in [3.63, 3.8) is 0 Å². The smallest absolute Gasteiger partial charge is 0.222 e. The maximum Gasteiger partial charge on any atom is 0.222 e. The molecule has 0 atom stereocenters. The molecule has 7 heteroatoms. The molecule has 0 saturated carbocycles. The zero-order chi connectivity index (χ0) is 21.4. The molecular formula is C22H29NO6. The van der Waals surface area contributed by atoms with Crippen molar-refractivity contribution in [2.24, 2.45) is 0 Å². The first-order chi connectivity index (χ1) is 14.0. The fraction of sp³-hybridized carbons (Fsp3) is 0.409. The zero-order valence-corrected chi connectivity index (χ0v) is 17.9. The van der Waals surface area contributed by atoms with Crippen LogP contribution in [0.2, 0.25) is 0 Å². The zero-order valence-electron chi connectivity index (χ0n) is 17.9. The Morgan fingerprint density at radius 3 is 1.93 bits per heavy atom. The summed E-state index contributed by atoms with van der Waals surface area (Å²) in [7, 11) is 9.66. The van der Waals surface area contributed by atoms with Crippen LogP contribution in [0.4, 0.5) is 0 Å². The Morgan fingerprint density at radius 1 is 0.828 bits per heavy atom. The highest BCUT2D eigenvalue weighted by molar-refractivity contribution is 5.76. The lowest BCUT2D eigenvalue weighted by atomic mass is 10.1. The summed E-state index contributed by atoms with van der Waals surface area (Å²) in [5.41, 5.74) is 1.82. The van der Waals surface area contributed by atoms with E-state index in [1.54, 1.807) is 47.5 Å². The molecule has 158 valence electrons. The van der Waals surface area contributed by atoms with E-state index in [4.69, 9.17) is 23.7 Å². The Balaban J connectivity index is 2.08. The van der Waals surface area contributed by atoms with Crippen LogP contribution in [-0.2, 0) is 17.8 Å². The van der Waals surface area contributed by atoms with E-state index < -0.39 is 0 Å². The van der Waals surface area contributed by atoms with Gasteiger partial charge in [0.1, 0.15) is 0 Å². The Bertz CT molecular complexity index is 811. The van der Waals surface area contributed by atoms with Gasteiger partial charge in [-0.3, -0.25) is 4.79 Å². The molecular weight excluding hydrogens is 374 g/mol. The number of methoxy groups -OCH3 is 5. The van der Waals surface area contributed by atoms with Gasteiger partial charge in [0.15, 0.2) is 23.0 Å². The largest absolute Gasteiger partial charge is 0.493 e. The van der Waals surface area contributed by atoms with E-state index in [-0.39, 0.29) is 5.91 Å². The standard InChI is InChI=1S/C22H29NO6/c1-23(14-16-8-7-9-17(25-2)21(16)28-5)20(24)11-10-15-12-18(26-3)22(29-6)19(13-15)27-4/h7-9,12-13H,10-11,14H2,1-6H3. The maximum absolute atomic E-state index is 12.7. The van der Waals surface area contributed by atoms with Gasteiger partial charge in [-0.1, -0.05) is 12.1 Å². The van der Waals surface area contributed by atoms with Crippen molar-refractivity contribution in [1.29, 1.82) is 0 Å². The predicted molar refractivity (Wildman–Crippen MR) is 110 cm³/mol. The molecule has 2 aromatic carbocycles. The summed E-state index contributed by atoms with van der Waals surface area (Å²) in [6.07, 6.45) is 0.899. The van der Waals surface area contributed by atoms with Gasteiger partial charge in [0.2, 0.25) is 11.7 Å². The highest BCUT2D eigenvalue weighted by atomic mass is 16.5. The van der Waals surface area contributed by atoms with E-state index in [0.717, 1.165) is 11.1 Å². The Kier molecular flexibility index (Phi) is 8.00. The quantitative estimate of drug-likeness (QED) is 0.606. The van der Waals surface area contributed by atoms with E-state index in [9.17, 15) is 4.79 Å². The van der Waals surface area contributed by atoms with Crippen molar-refractivity contribution in [1.82, 2.24) is 4.90 Å². The molecule has 0 aromatic heterocycles. The van der Waals surface area contributed by atoms with Gasteiger partial charge in [0.25, 0.3) is 0 Å². The Labute approximate surface area is 172 Å². The molecule has 0 saturated heterocycles. The van der Waals surface area contributed by atoms with Gasteiger partial charge in [0, 0.05) is 25.6 Å². The van der Waals surface area contributed by atoms with Crippen LogP contribution in [0.15, 0.2) is 30.3 Å². The van der Waals surface area contributed by atoms with E-state index in [0.29, 0.717) is 48.1 Å². The molecule has 29 heavy (non-hydrogen) atoms. The molecule has 1 amide bonds. The summed E-state index contributed by atoms with van der Waals surface area (Å²) >= 11 is 0. The molecule has 0 heterocycles. The molecule has 0 aliphatic heterocycles. The van der Waals surface area contributed by atoms with Gasteiger partial charge in [-0.25, -0.2) is 0 Å². The molecule has 0 N–H and O–H groups in total. The lowest BCUT2D eigenvalue weighted by molar-refractivity contribution is -0.130. The molecule has 0 bridgehead atoms. The van der Waals surface area contributed by atoms with Gasteiger partial charge in [-0.05, 0) is 30.2 Å². The first-order valence-corrected chi connectivity index (χ1v) is 9.21. The summed E-state index contributed by atoms with van der Waals surface area (Å²) in [6.45, 7) is 0.425. The van der Waals surface area contributed by atoms with Crippen molar-refractivity contribution in [3.05, 3.63) is 41.5 Å². The molecule has 2 aromatic rings. The van der Waals surface area contributed by atoms with Crippen LogP contribution >= 0.6 is 0 Å². The fourth-order valence-electron chi connectivity index (χ4n) is 3.14. The molecule has 0 unspecified atom stereocenters. The molecule has 7 nitrogen and oxygen atoms in total. The molecule has 0 aliphatic carbocycles. The highest BCUT2D eigenvalue weighted by Crippen LogP contribution is 2.38. The lowest BCUT2D eigenvalue weighted by Gasteiger charge is -2.20. The van der Waals surface area contributed by atoms with Crippen molar-refractivity contribution in [3.8, 4) is 28.7 Å². The number of para-hydroxylation sites is 1. The fourth-order valence-corrected chi connectivity index (χ4v) is 3.14. The van der Waals surface area contributed by atoms with Crippen LogP contribution in [0.1, 0.15) is 17.5 Å². The molecule has 2 rings (SSSR count). The Hall–Kier alpha value is -3.09. The first kappa shape index (κ1) is 22.2. The van der Waals surface area contributed by atoms with Gasteiger partial charge in [-0.2, -0.15) is 0 Å². The van der Waals surface area contributed by atoms with Crippen molar-refractivity contribution >= 4 is 5.91 Å². The second-order valence-corrected chi connectivity index (χ2v) is 6.44. The number of rotatable bonds is 10. The number of carbonyl (C=O) groups is 1. The SMILES string of the molecule is COc1cccc(CN(C)C(=O)CCc2cc(OC)c(OC)c(OC)c2)c1OC. The average Bonchev–Trinajstić information content (AvgIpc) is 2.75. The predicted octanol–water partition coefficient (Wildman–Crippen LogP) is 3.32. The van der Waals surface area contributed by atoms with E-state index in [1.807, 2.05) is 30.3 Å². The van der Waals surface area contributed by atoms with Gasteiger partial charge in [0.05, 0.1) is 35.5 Å². The number of nitrogens with zero attached hydrogens (tertiary/aromatic N) is 1. The van der Waals surface area contributed by atoms with Crippen LogP contribution in [0.5, 0.6) is 28.7 Å². The number of hydrogen-bond donors (Lipinski definition) is 0. The number of hydrogen-bond acceptors (Lipinski definition) is 6. The van der Waals surface area contributed by atoms with Crippen LogP contribution in [0.25, 0.3) is 0 Å². The van der Waals surface area contributed by atoms with E-state index in [2.05, 4.69) is 0 Å². The summed E-state index contributed by atoms with van der Waals surface area (Å²) in [5.74, 6) is 2.98. The third-order valence-electron chi connectivity index (χ3n) is 4.67. The minimum absolute atomic E-state index is 0.0172. The van der Waals surface area contributed by atoms with Crippen molar-refractivity contribution in [2.45, 2.75) is 19.4 Å². The van der Waals surface area contributed by atoms with Gasteiger partial charge < -0.3 is 28.6 Å². The summed E-state index contributed by atoms with van der Waals surface area (Å²) in [5, 5.41) is 0. The number of carbonyl (C=O) groups excluding carboxylic acids is 1. The second-order valence-electron chi connectivity index (χ2n) is 6.44. The lowest BCUT2D eigenvalue weighted by Crippen LogP contribution is -2.26. The van der Waals surface area contributed by atoms with Crippen LogP contribution < -0.4 is 23.7 Å². The molecule has 0 aliphatic rings. The number of benzene rings is 2. The molecule has 0 fully saturated rings. The van der Waals surface area contributed by atoms with Crippen molar-refractivity contribution < 1.29 is 28.5 Å². The monoisotopic (exact) mass is 403 g/mol. The minimum Gasteiger partial charge on any atom is -0.493 e. The summed E-state index contributed by atoms with van der Waals surface area (Å²) < 4.78 is 26.9. The van der Waals surface area contributed by atoms with Gasteiger partial charge in [-0.15, -0.1) is 0 Å². The first-order valence-electron chi connectivity index (χ1n) is 9.21. The van der Waals surface area contributed by atoms with Crippen LogP contribution in [0, 0.1) is 0 Å². The summed E-state index contributed by atoms with van der Waals surface area (Å²) in [6, 6.07) is 9.35. The second kappa shape index (κ2) is 10.5. The minimum atomic E-state index is 0.0172. The highest BCUT2D eigenvalue weighted by Gasteiger charge is 2.17. The average molecular weight is 403 g/mol. The number of aryl methyl sites for hydroxylation is 1. The number of ether oxygens (including phenoxy) is 5. The molecule has 0 radical (unpaired) electrons. The Morgan fingerprint density at radius 2 is 1.41 bits per heavy atom. The third kappa shape index (κ3) is 5.25. The van der Waals surface area contributed by atoms with Crippen LogP contribution in [-0.4, -0.2) is 53.4 Å². The topological polar surface area (TPSA) is 66.5 Å². The summed E-state index contributed by atoms with van der Waals surface area (Å²) in [4.78, 5) is 14.3. The van der Waals surface area contributed by atoms with Gasteiger partial charge >= 0.3 is 0 Å². The molecule has 0 spiro atoms. The van der Waals surface area contributed by atoms with E-state index >= 15 is 0 Å². The van der Waals surface area contributed by atoms with Crippen LogP contribution in [0.3, 0.4) is 0 Å². The van der Waals surface area contributed by atoms with E-state index in [1.165, 1.54) is 0 Å². The normalized spacial score (nSPS) is 10.3. The maximum atomic E-state index is 12.7.